The summed E-state index contributed by atoms with van der Waals surface area (Å²) in [5.74, 6) is -0.172. The van der Waals surface area contributed by atoms with E-state index in [0.717, 1.165) is 25.3 Å². The molecule has 1 aliphatic rings. The van der Waals surface area contributed by atoms with Gasteiger partial charge in [0.25, 0.3) is 0 Å². The van der Waals surface area contributed by atoms with Crippen LogP contribution >= 0.6 is 0 Å². The number of hydrogen-bond acceptors (Lipinski definition) is 4. The molecule has 1 aliphatic heterocycles. The SMILES string of the molecule is O=C(/C=C/c1cnccn1)Nc1cccc(CN2CCCC2)c1. The molecule has 1 saturated heterocycles. The lowest BCUT2D eigenvalue weighted by atomic mass is 10.2. The van der Waals surface area contributed by atoms with E-state index in [9.17, 15) is 4.79 Å². The number of benzene rings is 1. The van der Waals surface area contributed by atoms with E-state index < -0.39 is 0 Å². The van der Waals surface area contributed by atoms with Crippen molar-refractivity contribution in [2.24, 2.45) is 0 Å². The van der Waals surface area contributed by atoms with Gasteiger partial charge in [-0.25, -0.2) is 0 Å². The lowest BCUT2D eigenvalue weighted by molar-refractivity contribution is -0.111. The second kappa shape index (κ2) is 7.65. The molecule has 118 valence electrons. The Labute approximate surface area is 136 Å². The minimum absolute atomic E-state index is 0.172. The quantitative estimate of drug-likeness (QED) is 0.863. The van der Waals surface area contributed by atoms with Gasteiger partial charge in [-0.1, -0.05) is 12.1 Å². The summed E-state index contributed by atoms with van der Waals surface area (Å²) < 4.78 is 0. The standard InChI is InChI=1S/C18H20N4O/c23-18(7-6-17-13-19-8-9-20-17)21-16-5-3-4-15(12-16)14-22-10-1-2-11-22/h3-9,12-13H,1-2,10-11,14H2,(H,21,23)/b7-6+. The average Bonchev–Trinajstić information content (AvgIpc) is 3.07. The number of carbonyl (C=O) groups excluding carboxylic acids is 1. The summed E-state index contributed by atoms with van der Waals surface area (Å²) in [6.07, 6.45) is 10.5. The zero-order chi connectivity index (χ0) is 15.9. The molecule has 0 bridgehead atoms. The average molecular weight is 308 g/mol. The number of hydrogen-bond donors (Lipinski definition) is 1. The van der Waals surface area contributed by atoms with Crippen LogP contribution in [0.1, 0.15) is 24.1 Å². The number of aromatic nitrogens is 2. The molecule has 0 aliphatic carbocycles. The predicted octanol–water partition coefficient (Wildman–Crippen LogP) is 2.72. The minimum Gasteiger partial charge on any atom is -0.323 e. The van der Waals surface area contributed by atoms with E-state index >= 15 is 0 Å². The maximum absolute atomic E-state index is 12.0. The van der Waals surface area contributed by atoms with Crippen LogP contribution in [0.25, 0.3) is 6.08 Å². The lowest BCUT2D eigenvalue weighted by Crippen LogP contribution is -2.18. The molecular weight excluding hydrogens is 288 g/mol. The van der Waals surface area contributed by atoms with Gasteiger partial charge in [0.1, 0.15) is 0 Å². The Balaban J connectivity index is 1.58. The Bertz CT molecular complexity index is 678. The zero-order valence-electron chi connectivity index (χ0n) is 13.0. The van der Waals surface area contributed by atoms with Crippen molar-refractivity contribution in [1.82, 2.24) is 14.9 Å². The Hall–Kier alpha value is -2.53. The molecule has 23 heavy (non-hydrogen) atoms. The van der Waals surface area contributed by atoms with Crippen molar-refractivity contribution >= 4 is 17.7 Å². The minimum atomic E-state index is -0.172. The molecule has 0 atom stereocenters. The lowest BCUT2D eigenvalue weighted by Gasteiger charge is -2.15. The molecule has 3 rings (SSSR count). The van der Waals surface area contributed by atoms with Gasteiger partial charge in [-0.3, -0.25) is 19.7 Å². The highest BCUT2D eigenvalue weighted by Crippen LogP contribution is 2.16. The number of amides is 1. The van der Waals surface area contributed by atoms with Crippen molar-refractivity contribution < 1.29 is 4.79 Å². The molecule has 0 spiro atoms. The first-order valence-electron chi connectivity index (χ1n) is 7.86. The summed E-state index contributed by atoms with van der Waals surface area (Å²) in [4.78, 5) is 22.5. The van der Waals surface area contributed by atoms with Crippen LogP contribution in [0.3, 0.4) is 0 Å². The predicted molar refractivity (Wildman–Crippen MR) is 90.6 cm³/mol. The van der Waals surface area contributed by atoms with Gasteiger partial charge >= 0.3 is 0 Å². The maximum Gasteiger partial charge on any atom is 0.248 e. The van der Waals surface area contributed by atoms with Crippen molar-refractivity contribution in [3.8, 4) is 0 Å². The molecule has 0 unspecified atom stereocenters. The third kappa shape index (κ3) is 4.72. The molecule has 2 heterocycles. The van der Waals surface area contributed by atoms with Gasteiger partial charge in [0.2, 0.25) is 5.91 Å². The van der Waals surface area contributed by atoms with E-state index in [1.807, 2.05) is 18.2 Å². The van der Waals surface area contributed by atoms with Crippen molar-refractivity contribution in [2.45, 2.75) is 19.4 Å². The Morgan fingerprint density at radius 2 is 2.13 bits per heavy atom. The maximum atomic E-state index is 12.0. The van der Waals surface area contributed by atoms with E-state index in [4.69, 9.17) is 0 Å². The first kappa shape index (κ1) is 15.4. The van der Waals surface area contributed by atoms with Gasteiger partial charge in [-0.05, 0) is 49.7 Å². The second-order valence-corrected chi connectivity index (χ2v) is 5.64. The Morgan fingerprint density at radius 1 is 1.26 bits per heavy atom. The van der Waals surface area contributed by atoms with Crippen LogP contribution in [0.2, 0.25) is 0 Å². The molecule has 0 saturated carbocycles. The van der Waals surface area contributed by atoms with Gasteiger partial charge in [-0.15, -0.1) is 0 Å². The van der Waals surface area contributed by atoms with Crippen LogP contribution in [-0.4, -0.2) is 33.9 Å². The number of nitrogens with one attached hydrogen (secondary N) is 1. The van der Waals surface area contributed by atoms with Crippen LogP contribution in [0.5, 0.6) is 0 Å². The smallest absolute Gasteiger partial charge is 0.248 e. The topological polar surface area (TPSA) is 58.1 Å². The molecule has 5 nitrogen and oxygen atoms in total. The molecule has 2 aromatic rings. The fourth-order valence-electron chi connectivity index (χ4n) is 2.69. The highest BCUT2D eigenvalue weighted by atomic mass is 16.1. The first-order valence-corrected chi connectivity index (χ1v) is 7.86. The molecule has 1 N–H and O–H groups in total. The molecule has 1 fully saturated rings. The van der Waals surface area contributed by atoms with Crippen molar-refractivity contribution in [3.05, 3.63) is 60.2 Å². The van der Waals surface area contributed by atoms with Crippen LogP contribution in [-0.2, 0) is 11.3 Å². The normalized spacial score (nSPS) is 15.1. The molecule has 1 aromatic carbocycles. The van der Waals surface area contributed by atoms with Crippen LogP contribution in [0, 0.1) is 0 Å². The highest BCUT2D eigenvalue weighted by molar-refractivity contribution is 6.01. The van der Waals surface area contributed by atoms with Crippen molar-refractivity contribution in [1.29, 1.82) is 0 Å². The van der Waals surface area contributed by atoms with Gasteiger partial charge in [0.15, 0.2) is 0 Å². The third-order valence-corrected chi connectivity index (χ3v) is 3.79. The van der Waals surface area contributed by atoms with Crippen molar-refractivity contribution in [3.63, 3.8) is 0 Å². The zero-order valence-corrected chi connectivity index (χ0v) is 13.0. The number of nitrogens with zero attached hydrogens (tertiary/aromatic N) is 3. The molecule has 1 amide bonds. The van der Waals surface area contributed by atoms with E-state index in [0.29, 0.717) is 5.69 Å². The van der Waals surface area contributed by atoms with Crippen LogP contribution in [0.4, 0.5) is 5.69 Å². The van der Waals surface area contributed by atoms with Crippen LogP contribution < -0.4 is 5.32 Å². The van der Waals surface area contributed by atoms with Crippen LogP contribution in [0.15, 0.2) is 48.9 Å². The van der Waals surface area contributed by atoms with Gasteiger partial charge in [-0.2, -0.15) is 0 Å². The van der Waals surface area contributed by atoms with Crippen molar-refractivity contribution in [2.75, 3.05) is 18.4 Å². The van der Waals surface area contributed by atoms with E-state index in [2.05, 4.69) is 26.3 Å². The van der Waals surface area contributed by atoms with E-state index in [1.165, 1.54) is 24.5 Å². The fraction of sp³-hybridized carbons (Fsp3) is 0.278. The third-order valence-electron chi connectivity index (χ3n) is 3.79. The van der Waals surface area contributed by atoms with Gasteiger partial charge in [0, 0.05) is 30.7 Å². The van der Waals surface area contributed by atoms with E-state index in [-0.39, 0.29) is 5.91 Å². The molecule has 1 aromatic heterocycles. The summed E-state index contributed by atoms with van der Waals surface area (Å²) in [5.41, 5.74) is 2.70. The molecule has 5 heteroatoms. The summed E-state index contributed by atoms with van der Waals surface area (Å²) in [6.45, 7) is 3.27. The Morgan fingerprint density at radius 3 is 2.91 bits per heavy atom. The number of carbonyl (C=O) groups is 1. The summed E-state index contributed by atoms with van der Waals surface area (Å²) in [6, 6.07) is 8.02. The second-order valence-electron chi connectivity index (χ2n) is 5.64. The number of anilines is 1. The summed E-state index contributed by atoms with van der Waals surface area (Å²) in [7, 11) is 0. The number of likely N-dealkylation sites (tertiary alicyclic amines) is 1. The number of rotatable bonds is 5. The largest absolute Gasteiger partial charge is 0.323 e. The Kier molecular flexibility index (Phi) is 5.11. The van der Waals surface area contributed by atoms with Gasteiger partial charge in [0.05, 0.1) is 11.9 Å². The fourth-order valence-corrected chi connectivity index (χ4v) is 2.69. The summed E-state index contributed by atoms with van der Waals surface area (Å²) in [5, 5.41) is 2.89. The molecular formula is C18H20N4O. The summed E-state index contributed by atoms with van der Waals surface area (Å²) >= 11 is 0. The monoisotopic (exact) mass is 308 g/mol. The van der Waals surface area contributed by atoms with E-state index in [1.54, 1.807) is 24.7 Å². The highest BCUT2D eigenvalue weighted by Gasteiger charge is 2.11. The molecule has 0 radical (unpaired) electrons. The van der Waals surface area contributed by atoms with Gasteiger partial charge < -0.3 is 5.32 Å². The first-order chi connectivity index (χ1) is 11.3.